The molecule has 2 saturated heterocycles. The summed E-state index contributed by atoms with van der Waals surface area (Å²) in [4.78, 5) is 14.1. The van der Waals surface area contributed by atoms with Gasteiger partial charge in [0.25, 0.3) is 0 Å². The van der Waals surface area contributed by atoms with Crippen molar-refractivity contribution in [3.63, 3.8) is 0 Å². The predicted molar refractivity (Wildman–Crippen MR) is 69.7 cm³/mol. The molecule has 0 spiro atoms. The molecular formula is C11H18BrNO2S. The molecule has 2 rings (SSSR count). The number of amides is 1. The Kier molecular flexibility index (Phi) is 2.88. The van der Waals surface area contributed by atoms with Gasteiger partial charge >= 0.3 is 0 Å². The van der Waals surface area contributed by atoms with E-state index in [4.69, 9.17) is 0 Å². The van der Waals surface area contributed by atoms with E-state index in [-0.39, 0.29) is 22.1 Å². The molecule has 0 aromatic heterocycles. The third-order valence-corrected chi connectivity index (χ3v) is 7.26. The minimum Gasteiger partial charge on any atom is -0.391 e. The maximum absolute atomic E-state index is 12.2. The molecule has 0 saturated carbocycles. The Hall–Kier alpha value is 0.260. The van der Waals surface area contributed by atoms with E-state index < -0.39 is 10.4 Å². The number of aliphatic hydroxyl groups excluding tert-OH is 1. The summed E-state index contributed by atoms with van der Waals surface area (Å²) in [6, 6.07) is 0.227. The molecule has 5 heteroatoms. The summed E-state index contributed by atoms with van der Waals surface area (Å²) < 4.78 is -0.697. The summed E-state index contributed by atoms with van der Waals surface area (Å²) in [6.45, 7) is 8.28. The van der Waals surface area contributed by atoms with Gasteiger partial charge in [0.05, 0.1) is 6.10 Å². The lowest BCUT2D eigenvalue weighted by Crippen LogP contribution is -2.73. The first-order valence-corrected chi connectivity index (χ1v) is 7.31. The van der Waals surface area contributed by atoms with E-state index >= 15 is 0 Å². The number of aliphatic hydroxyl groups is 1. The van der Waals surface area contributed by atoms with Gasteiger partial charge in [-0.15, -0.1) is 11.8 Å². The highest BCUT2D eigenvalue weighted by molar-refractivity contribution is 9.10. The van der Waals surface area contributed by atoms with Crippen LogP contribution in [-0.2, 0) is 4.79 Å². The van der Waals surface area contributed by atoms with Crippen LogP contribution >= 0.6 is 27.7 Å². The smallest absolute Gasteiger partial charge is 0.246 e. The molecule has 2 aliphatic heterocycles. The number of alkyl halides is 1. The number of halogens is 1. The van der Waals surface area contributed by atoms with Crippen molar-refractivity contribution < 1.29 is 9.90 Å². The Morgan fingerprint density at radius 1 is 1.62 bits per heavy atom. The van der Waals surface area contributed by atoms with E-state index in [1.807, 2.05) is 11.8 Å². The minimum atomic E-state index is -0.756. The van der Waals surface area contributed by atoms with Crippen LogP contribution in [0.5, 0.6) is 0 Å². The number of carbonyl (C=O) groups excluding carboxylic acids is 1. The van der Waals surface area contributed by atoms with E-state index in [1.165, 1.54) is 0 Å². The second kappa shape index (κ2) is 3.62. The van der Waals surface area contributed by atoms with Crippen molar-refractivity contribution in [3.05, 3.63) is 0 Å². The zero-order valence-electron chi connectivity index (χ0n) is 10.0. The SMILES string of the molecule is CCC(O)C1(Br)C(=O)N2C(C)C(C)(C)S[C@@H]21. The molecule has 16 heavy (non-hydrogen) atoms. The molecule has 0 aromatic carbocycles. The van der Waals surface area contributed by atoms with Crippen molar-refractivity contribution in [1.82, 2.24) is 4.90 Å². The van der Waals surface area contributed by atoms with Crippen molar-refractivity contribution in [2.45, 2.75) is 60.7 Å². The van der Waals surface area contributed by atoms with Crippen LogP contribution in [0.4, 0.5) is 0 Å². The summed E-state index contributed by atoms with van der Waals surface area (Å²) in [6.07, 6.45) is -0.00804. The molecule has 0 bridgehead atoms. The number of thioether (sulfide) groups is 1. The third-order valence-electron chi connectivity index (χ3n) is 3.88. The molecule has 0 aromatic rings. The zero-order chi connectivity index (χ0) is 12.3. The molecule has 2 aliphatic rings. The van der Waals surface area contributed by atoms with Crippen LogP contribution in [0.1, 0.15) is 34.1 Å². The van der Waals surface area contributed by atoms with Crippen LogP contribution in [0.15, 0.2) is 0 Å². The fourth-order valence-corrected chi connectivity index (χ4v) is 5.13. The van der Waals surface area contributed by atoms with E-state index in [9.17, 15) is 9.90 Å². The molecular weight excluding hydrogens is 290 g/mol. The molecule has 2 heterocycles. The van der Waals surface area contributed by atoms with Crippen LogP contribution in [0.3, 0.4) is 0 Å². The van der Waals surface area contributed by atoms with Gasteiger partial charge in [-0.05, 0) is 27.2 Å². The van der Waals surface area contributed by atoms with Crippen LogP contribution in [0, 0.1) is 0 Å². The fraction of sp³-hybridized carbons (Fsp3) is 0.909. The number of β-lactam (4-membered cyclic amide) rings is 1. The van der Waals surface area contributed by atoms with Crippen LogP contribution in [0.2, 0.25) is 0 Å². The van der Waals surface area contributed by atoms with E-state index in [1.54, 1.807) is 11.8 Å². The van der Waals surface area contributed by atoms with Crippen molar-refractivity contribution in [2.24, 2.45) is 0 Å². The largest absolute Gasteiger partial charge is 0.391 e. The highest BCUT2D eigenvalue weighted by Crippen LogP contribution is 2.59. The Labute approximate surface area is 109 Å². The first kappa shape index (κ1) is 12.7. The highest BCUT2D eigenvalue weighted by Gasteiger charge is 2.69. The average molecular weight is 308 g/mol. The lowest BCUT2D eigenvalue weighted by atomic mass is 9.87. The van der Waals surface area contributed by atoms with Crippen molar-refractivity contribution in [3.8, 4) is 0 Å². The maximum Gasteiger partial charge on any atom is 0.246 e. The second-order valence-electron chi connectivity index (χ2n) is 5.15. The van der Waals surface area contributed by atoms with Gasteiger partial charge in [-0.3, -0.25) is 4.79 Å². The Bertz CT molecular complexity index is 336. The van der Waals surface area contributed by atoms with Crippen molar-refractivity contribution in [1.29, 1.82) is 0 Å². The van der Waals surface area contributed by atoms with Gasteiger partial charge in [0.1, 0.15) is 5.37 Å². The number of carbonyl (C=O) groups is 1. The fourth-order valence-electron chi connectivity index (χ4n) is 2.39. The first-order chi connectivity index (χ1) is 7.26. The van der Waals surface area contributed by atoms with Crippen molar-refractivity contribution in [2.75, 3.05) is 0 Å². The van der Waals surface area contributed by atoms with Gasteiger partial charge in [0.15, 0.2) is 4.32 Å². The van der Waals surface area contributed by atoms with Gasteiger partial charge in [0, 0.05) is 10.8 Å². The van der Waals surface area contributed by atoms with Crippen LogP contribution in [-0.4, -0.2) is 42.5 Å². The third kappa shape index (κ3) is 1.34. The van der Waals surface area contributed by atoms with Crippen LogP contribution in [0.25, 0.3) is 0 Å². The minimum absolute atomic E-state index is 0.0393. The first-order valence-electron chi connectivity index (χ1n) is 5.64. The topological polar surface area (TPSA) is 40.5 Å². The molecule has 4 atom stereocenters. The molecule has 0 aliphatic carbocycles. The molecule has 92 valence electrons. The summed E-state index contributed by atoms with van der Waals surface area (Å²) in [5, 5.41) is 10.1. The average Bonchev–Trinajstić information content (AvgIpc) is 2.46. The van der Waals surface area contributed by atoms with Crippen molar-refractivity contribution >= 4 is 33.6 Å². The maximum atomic E-state index is 12.2. The Morgan fingerprint density at radius 2 is 2.19 bits per heavy atom. The molecule has 1 N–H and O–H groups in total. The van der Waals surface area contributed by atoms with Gasteiger partial charge < -0.3 is 10.0 Å². The predicted octanol–water partition coefficient (Wildman–Crippen LogP) is 1.97. The molecule has 0 radical (unpaired) electrons. The number of hydrogen-bond donors (Lipinski definition) is 1. The van der Waals surface area contributed by atoms with Crippen LogP contribution < -0.4 is 0 Å². The summed E-state index contributed by atoms with van der Waals surface area (Å²) in [5.41, 5.74) is 0. The van der Waals surface area contributed by atoms with Gasteiger partial charge in [-0.2, -0.15) is 0 Å². The number of hydrogen-bond acceptors (Lipinski definition) is 3. The summed E-state index contributed by atoms with van der Waals surface area (Å²) >= 11 is 5.26. The Morgan fingerprint density at radius 3 is 2.69 bits per heavy atom. The van der Waals surface area contributed by atoms with Gasteiger partial charge in [-0.1, -0.05) is 22.9 Å². The summed E-state index contributed by atoms with van der Waals surface area (Å²) in [7, 11) is 0. The molecule has 1 amide bonds. The quantitative estimate of drug-likeness (QED) is 0.626. The standard InChI is InChI=1S/C11H18BrNO2S/c1-5-7(14)11(12)8(15)13-6(2)10(3,4)16-9(11)13/h6-7,9,14H,5H2,1-4H3/t6?,7?,9-,11?/m1/s1. The lowest BCUT2D eigenvalue weighted by molar-refractivity contribution is -0.154. The highest BCUT2D eigenvalue weighted by atomic mass is 79.9. The number of fused-ring (bicyclic) bond motifs is 1. The normalized spacial score (nSPS) is 42.9. The van der Waals surface area contributed by atoms with Gasteiger partial charge in [-0.25, -0.2) is 0 Å². The second-order valence-corrected chi connectivity index (χ2v) is 8.20. The monoisotopic (exact) mass is 307 g/mol. The number of nitrogens with zero attached hydrogens (tertiary/aromatic N) is 1. The van der Waals surface area contributed by atoms with E-state index in [2.05, 4.69) is 36.7 Å². The van der Waals surface area contributed by atoms with E-state index in [0.717, 1.165) is 0 Å². The number of rotatable bonds is 2. The zero-order valence-corrected chi connectivity index (χ0v) is 12.4. The molecule has 3 unspecified atom stereocenters. The summed E-state index contributed by atoms with van der Waals surface area (Å²) in [5.74, 6) is 0.0393. The lowest BCUT2D eigenvalue weighted by Gasteiger charge is -2.52. The Balaban J connectivity index is 2.28. The van der Waals surface area contributed by atoms with E-state index in [0.29, 0.717) is 6.42 Å². The molecule has 3 nitrogen and oxygen atoms in total. The molecule has 2 fully saturated rings. The van der Waals surface area contributed by atoms with Gasteiger partial charge in [0.2, 0.25) is 5.91 Å².